The molecule has 19 heavy (non-hydrogen) atoms. The van der Waals surface area contributed by atoms with Crippen molar-refractivity contribution in [3.05, 3.63) is 0 Å². The van der Waals surface area contributed by atoms with Gasteiger partial charge in [0.1, 0.15) is 5.54 Å². The van der Waals surface area contributed by atoms with Crippen LogP contribution in [-0.2, 0) is 4.79 Å². The van der Waals surface area contributed by atoms with Gasteiger partial charge in [0.05, 0.1) is 0 Å². The molecule has 2 atom stereocenters. The highest BCUT2D eigenvalue weighted by Gasteiger charge is 2.51. The Morgan fingerprint density at radius 3 is 2.21 bits per heavy atom. The number of piperidine rings is 1. The first-order chi connectivity index (χ1) is 9.11. The summed E-state index contributed by atoms with van der Waals surface area (Å²) in [6, 6.07) is 1.35. The van der Waals surface area contributed by atoms with E-state index >= 15 is 0 Å². The first-order valence-electron chi connectivity index (χ1n) is 7.84. The van der Waals surface area contributed by atoms with Crippen LogP contribution < -0.4 is 5.32 Å². The van der Waals surface area contributed by atoms with Gasteiger partial charge in [0.2, 0.25) is 0 Å². The van der Waals surface area contributed by atoms with Gasteiger partial charge in [-0.3, -0.25) is 10.1 Å². The number of nitrogens with zero attached hydrogens (tertiary/aromatic N) is 1. The van der Waals surface area contributed by atoms with Gasteiger partial charge >= 0.3 is 5.97 Å². The molecule has 0 amide bonds. The summed E-state index contributed by atoms with van der Waals surface area (Å²) in [6.45, 7) is 0. The molecule has 3 aliphatic rings. The van der Waals surface area contributed by atoms with E-state index in [9.17, 15) is 9.90 Å². The van der Waals surface area contributed by atoms with Crippen LogP contribution in [0.15, 0.2) is 0 Å². The van der Waals surface area contributed by atoms with Gasteiger partial charge in [-0.25, -0.2) is 0 Å². The Morgan fingerprint density at radius 1 is 1.11 bits per heavy atom. The Morgan fingerprint density at radius 2 is 1.68 bits per heavy atom. The lowest BCUT2D eigenvalue weighted by Gasteiger charge is -2.45. The second-order valence-electron chi connectivity index (χ2n) is 6.83. The zero-order valence-electron chi connectivity index (χ0n) is 11.9. The number of carboxylic acids is 1. The van der Waals surface area contributed by atoms with Gasteiger partial charge in [0, 0.05) is 18.1 Å². The number of nitrogens with one attached hydrogen (secondary N) is 1. The maximum Gasteiger partial charge on any atom is 0.324 e. The maximum atomic E-state index is 11.9. The molecule has 108 valence electrons. The Bertz CT molecular complexity index is 338. The molecule has 1 aliphatic carbocycles. The monoisotopic (exact) mass is 266 g/mol. The van der Waals surface area contributed by atoms with Crippen LogP contribution in [0.25, 0.3) is 0 Å². The number of rotatable bonds is 3. The fraction of sp³-hybridized carbons (Fsp3) is 0.933. The van der Waals surface area contributed by atoms with E-state index in [1.807, 2.05) is 0 Å². The lowest BCUT2D eigenvalue weighted by atomic mass is 9.81. The minimum atomic E-state index is -0.652. The van der Waals surface area contributed by atoms with Gasteiger partial charge in [-0.05, 0) is 45.6 Å². The minimum Gasteiger partial charge on any atom is -0.480 e. The summed E-state index contributed by atoms with van der Waals surface area (Å²) in [5.41, 5.74) is -0.652. The Balaban J connectivity index is 1.74. The van der Waals surface area contributed by atoms with E-state index in [1.165, 1.54) is 32.1 Å². The summed E-state index contributed by atoms with van der Waals surface area (Å²) in [5, 5.41) is 13.4. The normalized spacial score (nSPS) is 40.5. The zero-order chi connectivity index (χ0) is 13.5. The smallest absolute Gasteiger partial charge is 0.324 e. The highest BCUT2D eigenvalue weighted by Crippen LogP contribution is 2.40. The second kappa shape index (κ2) is 5.06. The number of hydrogen-bond donors (Lipinski definition) is 2. The lowest BCUT2D eigenvalue weighted by molar-refractivity contribution is -0.149. The van der Waals surface area contributed by atoms with E-state index in [1.54, 1.807) is 0 Å². The van der Waals surface area contributed by atoms with Crippen LogP contribution in [0.5, 0.6) is 0 Å². The molecule has 2 N–H and O–H groups in total. The van der Waals surface area contributed by atoms with Crippen molar-refractivity contribution in [2.45, 2.75) is 81.5 Å². The van der Waals surface area contributed by atoms with Crippen molar-refractivity contribution >= 4 is 5.97 Å². The SMILES string of the molecule is CN1C2CCC1CC(NC1CCCCC1)(C(=O)O)C2. The predicted octanol–water partition coefficient (Wildman–Crippen LogP) is 1.99. The number of aliphatic carboxylic acids is 1. The third kappa shape index (κ3) is 2.40. The van der Waals surface area contributed by atoms with E-state index in [0.717, 1.165) is 25.7 Å². The average molecular weight is 266 g/mol. The average Bonchev–Trinajstić information content (AvgIpc) is 2.63. The molecule has 4 nitrogen and oxygen atoms in total. The molecular formula is C15H26N2O2. The summed E-state index contributed by atoms with van der Waals surface area (Å²) < 4.78 is 0. The maximum absolute atomic E-state index is 11.9. The fourth-order valence-corrected chi connectivity index (χ4v) is 4.46. The van der Waals surface area contributed by atoms with Gasteiger partial charge in [0.25, 0.3) is 0 Å². The topological polar surface area (TPSA) is 52.6 Å². The van der Waals surface area contributed by atoms with Gasteiger partial charge in [-0.2, -0.15) is 0 Å². The number of fused-ring (bicyclic) bond motifs is 2. The molecule has 1 saturated carbocycles. The molecule has 2 aliphatic heterocycles. The molecule has 2 saturated heterocycles. The minimum absolute atomic E-state index is 0.424. The summed E-state index contributed by atoms with van der Waals surface area (Å²) in [6.07, 6.45) is 10.0. The van der Waals surface area contributed by atoms with Crippen molar-refractivity contribution in [1.29, 1.82) is 0 Å². The van der Waals surface area contributed by atoms with Gasteiger partial charge in [-0.15, -0.1) is 0 Å². The quantitative estimate of drug-likeness (QED) is 0.820. The molecule has 3 rings (SSSR count). The van der Waals surface area contributed by atoms with Crippen LogP contribution in [0.2, 0.25) is 0 Å². The number of carboxylic acid groups (broad SMARTS) is 1. The molecule has 2 unspecified atom stereocenters. The van der Waals surface area contributed by atoms with Crippen molar-refractivity contribution < 1.29 is 9.90 Å². The summed E-state index contributed by atoms with van der Waals surface area (Å²) in [4.78, 5) is 14.3. The first kappa shape index (κ1) is 13.4. The molecule has 3 fully saturated rings. The molecular weight excluding hydrogens is 240 g/mol. The van der Waals surface area contributed by atoms with E-state index in [2.05, 4.69) is 17.3 Å². The van der Waals surface area contributed by atoms with Crippen molar-refractivity contribution in [1.82, 2.24) is 10.2 Å². The van der Waals surface area contributed by atoms with Crippen LogP contribution in [-0.4, -0.2) is 46.7 Å². The van der Waals surface area contributed by atoms with Crippen molar-refractivity contribution in [2.75, 3.05) is 7.05 Å². The first-order valence-corrected chi connectivity index (χ1v) is 7.84. The Kier molecular flexibility index (Phi) is 3.56. The van der Waals surface area contributed by atoms with Gasteiger partial charge in [-0.1, -0.05) is 19.3 Å². The van der Waals surface area contributed by atoms with Crippen LogP contribution in [0, 0.1) is 0 Å². The van der Waals surface area contributed by atoms with Crippen molar-refractivity contribution in [2.24, 2.45) is 0 Å². The Hall–Kier alpha value is -0.610. The zero-order valence-corrected chi connectivity index (χ0v) is 11.9. The Labute approximate surface area is 115 Å². The number of hydrogen-bond acceptors (Lipinski definition) is 3. The van der Waals surface area contributed by atoms with Gasteiger partial charge < -0.3 is 10.0 Å². The van der Waals surface area contributed by atoms with E-state index in [4.69, 9.17) is 0 Å². The van der Waals surface area contributed by atoms with Gasteiger partial charge in [0.15, 0.2) is 0 Å². The summed E-state index contributed by atoms with van der Waals surface area (Å²) >= 11 is 0. The lowest BCUT2D eigenvalue weighted by Crippen LogP contribution is -2.63. The summed E-state index contributed by atoms with van der Waals surface area (Å²) in [5.74, 6) is -0.622. The largest absolute Gasteiger partial charge is 0.480 e. The van der Waals surface area contributed by atoms with Crippen LogP contribution in [0.4, 0.5) is 0 Å². The molecule has 0 aromatic heterocycles. The molecule has 0 aromatic rings. The van der Waals surface area contributed by atoms with E-state index in [-0.39, 0.29) is 0 Å². The molecule has 2 bridgehead atoms. The molecule has 2 heterocycles. The van der Waals surface area contributed by atoms with Crippen LogP contribution >= 0.6 is 0 Å². The van der Waals surface area contributed by atoms with Crippen LogP contribution in [0.1, 0.15) is 57.8 Å². The fourth-order valence-electron chi connectivity index (χ4n) is 4.46. The highest BCUT2D eigenvalue weighted by atomic mass is 16.4. The molecule has 0 aromatic carbocycles. The standard InChI is InChI=1S/C15H26N2O2/c1-17-12-7-8-13(17)10-15(9-12,14(18)19)16-11-5-3-2-4-6-11/h11-13,16H,2-10H2,1H3,(H,18,19). The van der Waals surface area contributed by atoms with E-state index < -0.39 is 11.5 Å². The predicted molar refractivity (Wildman–Crippen MR) is 74.2 cm³/mol. The van der Waals surface area contributed by atoms with E-state index in [0.29, 0.717) is 18.1 Å². The van der Waals surface area contributed by atoms with Crippen molar-refractivity contribution in [3.8, 4) is 0 Å². The third-order valence-electron chi connectivity index (χ3n) is 5.65. The number of carbonyl (C=O) groups is 1. The second-order valence-corrected chi connectivity index (χ2v) is 6.83. The molecule has 4 heteroatoms. The molecule has 0 spiro atoms. The third-order valence-corrected chi connectivity index (χ3v) is 5.65. The van der Waals surface area contributed by atoms with Crippen molar-refractivity contribution in [3.63, 3.8) is 0 Å². The molecule has 0 radical (unpaired) electrons. The van der Waals surface area contributed by atoms with Crippen LogP contribution in [0.3, 0.4) is 0 Å². The summed E-state index contributed by atoms with van der Waals surface area (Å²) in [7, 11) is 2.16. The highest BCUT2D eigenvalue weighted by molar-refractivity contribution is 5.79.